The van der Waals surface area contributed by atoms with Gasteiger partial charge in [0.25, 0.3) is 0 Å². The van der Waals surface area contributed by atoms with Gasteiger partial charge >= 0.3 is 0 Å². The monoisotopic (exact) mass is 476 g/mol. The van der Waals surface area contributed by atoms with Crippen LogP contribution in [0.2, 0.25) is 0 Å². The van der Waals surface area contributed by atoms with E-state index in [0.29, 0.717) is 25.3 Å². The second kappa shape index (κ2) is 9.37. The van der Waals surface area contributed by atoms with Crippen molar-refractivity contribution in [3.8, 4) is 32.6 Å². The zero-order chi connectivity index (χ0) is 22.8. The van der Waals surface area contributed by atoms with Crippen LogP contribution < -0.4 is 9.47 Å². The van der Waals surface area contributed by atoms with Crippen molar-refractivity contribution in [2.75, 3.05) is 20.8 Å². The summed E-state index contributed by atoms with van der Waals surface area (Å²) in [5.74, 6) is 1.55. The van der Waals surface area contributed by atoms with Crippen molar-refractivity contribution >= 4 is 28.6 Å². The van der Waals surface area contributed by atoms with Gasteiger partial charge < -0.3 is 14.4 Å². The van der Waals surface area contributed by atoms with E-state index in [1.54, 1.807) is 36.9 Å². The van der Waals surface area contributed by atoms with E-state index >= 15 is 0 Å². The van der Waals surface area contributed by atoms with Crippen molar-refractivity contribution in [3.63, 3.8) is 0 Å². The van der Waals surface area contributed by atoms with E-state index in [4.69, 9.17) is 14.5 Å². The predicted molar refractivity (Wildman–Crippen MR) is 133 cm³/mol. The number of fused-ring (bicyclic) bond motifs is 1. The molecular weight excluding hydrogens is 452 g/mol. The fourth-order valence-corrected chi connectivity index (χ4v) is 6.00. The van der Waals surface area contributed by atoms with Crippen molar-refractivity contribution in [1.82, 2.24) is 9.88 Å². The number of carbonyl (C=O) groups is 1. The smallest absolute Gasteiger partial charge is 0.228 e. The quantitative estimate of drug-likeness (QED) is 0.359. The highest BCUT2D eigenvalue weighted by molar-refractivity contribution is 7.17. The standard InChI is InChI=1S/C26H24N2O3S2/c1-30-20-13-18-10-11-28(16-19(18)14-21(20)31-2)24(29)15-23-25(22-9-6-12-32-22)27-26(33-23)17-7-4-3-5-8-17/h3-9,12-14H,10-11,15-16H2,1-2H3. The molecule has 0 unspecified atom stereocenters. The SMILES string of the molecule is COc1cc2c(cc1OC)CN(C(=O)Cc1sc(-c3ccccc3)nc1-c1cccs1)CC2. The van der Waals surface area contributed by atoms with Crippen LogP contribution in [0.4, 0.5) is 0 Å². The molecule has 0 radical (unpaired) electrons. The van der Waals surface area contributed by atoms with Gasteiger partial charge in [0, 0.05) is 23.5 Å². The van der Waals surface area contributed by atoms with E-state index in [1.807, 2.05) is 46.7 Å². The first-order valence-electron chi connectivity index (χ1n) is 10.8. The van der Waals surface area contributed by atoms with Gasteiger partial charge in [0.1, 0.15) is 5.01 Å². The van der Waals surface area contributed by atoms with Gasteiger partial charge in [-0.25, -0.2) is 4.98 Å². The molecule has 4 aromatic rings. The van der Waals surface area contributed by atoms with Gasteiger partial charge in [0.05, 0.1) is 31.2 Å². The molecule has 168 valence electrons. The molecule has 0 fully saturated rings. The second-order valence-corrected chi connectivity index (χ2v) is 9.88. The third-order valence-electron chi connectivity index (χ3n) is 5.86. The van der Waals surface area contributed by atoms with Crippen molar-refractivity contribution in [3.05, 3.63) is 76.0 Å². The summed E-state index contributed by atoms with van der Waals surface area (Å²) in [6.07, 6.45) is 1.15. The Hall–Kier alpha value is -3.16. The summed E-state index contributed by atoms with van der Waals surface area (Å²) in [4.78, 5) is 22.3. The van der Waals surface area contributed by atoms with Gasteiger partial charge in [-0.3, -0.25) is 4.79 Å². The molecule has 33 heavy (non-hydrogen) atoms. The number of carbonyl (C=O) groups excluding carboxylic acids is 1. The van der Waals surface area contributed by atoms with E-state index in [-0.39, 0.29) is 5.91 Å². The number of ether oxygens (including phenoxy) is 2. The first kappa shape index (κ1) is 21.7. The molecule has 2 aromatic heterocycles. The summed E-state index contributed by atoms with van der Waals surface area (Å²) >= 11 is 3.26. The number of nitrogens with zero attached hydrogens (tertiary/aromatic N) is 2. The number of thiazole rings is 1. The Morgan fingerprint density at radius 2 is 1.79 bits per heavy atom. The third kappa shape index (κ3) is 4.38. The van der Waals surface area contributed by atoms with Crippen LogP contribution in [0.1, 0.15) is 16.0 Å². The van der Waals surface area contributed by atoms with Crippen LogP contribution in [0.25, 0.3) is 21.1 Å². The summed E-state index contributed by atoms with van der Waals surface area (Å²) < 4.78 is 10.9. The fraction of sp³-hybridized carbons (Fsp3) is 0.231. The highest BCUT2D eigenvalue weighted by atomic mass is 32.1. The molecule has 5 rings (SSSR count). The van der Waals surface area contributed by atoms with Gasteiger partial charge in [0.2, 0.25) is 5.91 Å². The topological polar surface area (TPSA) is 51.7 Å². The molecule has 0 aliphatic carbocycles. The minimum absolute atomic E-state index is 0.122. The van der Waals surface area contributed by atoms with Crippen molar-refractivity contribution < 1.29 is 14.3 Å². The summed E-state index contributed by atoms with van der Waals surface area (Å²) in [6, 6.07) is 18.3. The lowest BCUT2D eigenvalue weighted by Crippen LogP contribution is -2.36. The Morgan fingerprint density at radius 1 is 1.03 bits per heavy atom. The molecule has 3 heterocycles. The van der Waals surface area contributed by atoms with Crippen LogP contribution >= 0.6 is 22.7 Å². The Bertz CT molecular complexity index is 1270. The molecule has 0 atom stereocenters. The molecule has 0 bridgehead atoms. The maximum absolute atomic E-state index is 13.4. The Kier molecular flexibility index (Phi) is 6.15. The van der Waals surface area contributed by atoms with Gasteiger partial charge in [-0.1, -0.05) is 36.4 Å². The maximum Gasteiger partial charge on any atom is 0.228 e. The number of benzene rings is 2. The van der Waals surface area contributed by atoms with Gasteiger partial charge in [-0.15, -0.1) is 22.7 Å². The normalized spacial score (nSPS) is 13.0. The van der Waals surface area contributed by atoms with Crippen molar-refractivity contribution in [1.29, 1.82) is 0 Å². The molecule has 0 saturated carbocycles. The molecule has 1 amide bonds. The summed E-state index contributed by atoms with van der Waals surface area (Å²) in [5, 5.41) is 2.99. The Labute approximate surface area is 201 Å². The van der Waals surface area contributed by atoms with Crippen molar-refractivity contribution in [2.45, 2.75) is 19.4 Å². The first-order chi connectivity index (χ1) is 16.2. The lowest BCUT2D eigenvalue weighted by molar-refractivity contribution is -0.131. The van der Waals surface area contributed by atoms with Crippen LogP contribution in [0.3, 0.4) is 0 Å². The fourth-order valence-electron chi connectivity index (χ4n) is 4.13. The lowest BCUT2D eigenvalue weighted by Gasteiger charge is -2.29. The maximum atomic E-state index is 13.4. The second-order valence-electron chi connectivity index (χ2n) is 7.85. The molecule has 0 saturated heterocycles. The number of hydrogen-bond acceptors (Lipinski definition) is 6. The molecule has 7 heteroatoms. The predicted octanol–water partition coefficient (Wildman–Crippen LogP) is 5.68. The van der Waals surface area contributed by atoms with E-state index in [2.05, 4.69) is 18.2 Å². The number of rotatable bonds is 6. The molecular formula is C26H24N2O3S2. The van der Waals surface area contributed by atoms with E-state index in [9.17, 15) is 4.79 Å². The number of thiophene rings is 1. The Morgan fingerprint density at radius 3 is 2.48 bits per heavy atom. The van der Waals surface area contributed by atoms with Gasteiger partial charge in [-0.05, 0) is 41.1 Å². The first-order valence-corrected chi connectivity index (χ1v) is 12.5. The number of aromatic nitrogens is 1. The van der Waals surface area contributed by atoms with Crippen LogP contribution in [0.5, 0.6) is 11.5 Å². The molecule has 0 N–H and O–H groups in total. The molecule has 2 aromatic carbocycles. The van der Waals surface area contributed by atoms with E-state index in [1.165, 1.54) is 5.56 Å². The van der Waals surface area contributed by atoms with E-state index < -0.39 is 0 Å². The minimum Gasteiger partial charge on any atom is -0.493 e. The summed E-state index contributed by atoms with van der Waals surface area (Å²) in [6.45, 7) is 1.27. The van der Waals surface area contributed by atoms with Crippen molar-refractivity contribution in [2.24, 2.45) is 0 Å². The number of methoxy groups -OCH3 is 2. The molecule has 0 spiro atoms. The summed E-state index contributed by atoms with van der Waals surface area (Å²) in [7, 11) is 3.28. The molecule has 1 aliphatic heterocycles. The number of hydrogen-bond donors (Lipinski definition) is 0. The highest BCUT2D eigenvalue weighted by Crippen LogP contribution is 2.37. The zero-order valence-corrected chi connectivity index (χ0v) is 20.2. The molecule has 1 aliphatic rings. The average molecular weight is 477 g/mol. The minimum atomic E-state index is 0.122. The number of amides is 1. The largest absolute Gasteiger partial charge is 0.493 e. The summed E-state index contributed by atoms with van der Waals surface area (Å²) in [5.41, 5.74) is 4.32. The average Bonchev–Trinajstić information content (AvgIpc) is 3.53. The highest BCUT2D eigenvalue weighted by Gasteiger charge is 2.25. The van der Waals surface area contributed by atoms with E-state index in [0.717, 1.165) is 43.8 Å². The van der Waals surface area contributed by atoms with Crippen LogP contribution in [-0.4, -0.2) is 36.6 Å². The molecule has 5 nitrogen and oxygen atoms in total. The zero-order valence-electron chi connectivity index (χ0n) is 18.5. The van der Waals surface area contributed by atoms with Crippen LogP contribution in [0.15, 0.2) is 60.0 Å². The third-order valence-corrected chi connectivity index (χ3v) is 7.84. The Balaban J connectivity index is 1.40. The van der Waals surface area contributed by atoms with Crippen LogP contribution in [-0.2, 0) is 24.2 Å². The van der Waals surface area contributed by atoms with Gasteiger partial charge in [-0.2, -0.15) is 0 Å². The lowest BCUT2D eigenvalue weighted by atomic mass is 9.98. The van der Waals surface area contributed by atoms with Gasteiger partial charge in [0.15, 0.2) is 11.5 Å². The van der Waals surface area contributed by atoms with Crippen LogP contribution in [0, 0.1) is 0 Å².